The van der Waals surface area contributed by atoms with E-state index in [1.807, 2.05) is 0 Å². The molecule has 29 heavy (non-hydrogen) atoms. The van der Waals surface area contributed by atoms with Gasteiger partial charge in [-0.15, -0.1) is 0 Å². The molecular weight excluding hydrogens is 374 g/mol. The number of rotatable bonds is 6. The fraction of sp³-hybridized carbons (Fsp3) is 0.571. The number of fused-ring (bicyclic) bond motifs is 1. The highest BCUT2D eigenvalue weighted by Gasteiger charge is 2.21. The highest BCUT2D eigenvalue weighted by Crippen LogP contribution is 2.29. The van der Waals surface area contributed by atoms with Crippen LogP contribution in [0.2, 0.25) is 0 Å². The van der Waals surface area contributed by atoms with Crippen LogP contribution in [0.1, 0.15) is 5.76 Å². The first-order chi connectivity index (χ1) is 14.2. The predicted molar refractivity (Wildman–Crippen MR) is 110 cm³/mol. The van der Waals surface area contributed by atoms with Crippen molar-refractivity contribution in [2.45, 2.75) is 6.54 Å². The highest BCUT2D eigenvalue weighted by atomic mass is 16.5. The summed E-state index contributed by atoms with van der Waals surface area (Å²) in [7, 11) is 3.12. The van der Waals surface area contributed by atoms with Gasteiger partial charge in [0.1, 0.15) is 28.2 Å². The Morgan fingerprint density at radius 3 is 2.28 bits per heavy atom. The SMILES string of the molecule is COc1cc(OC)c2c(=O)cc(CN3CCN(CN4CCOCC4)CC3)oc2c1. The van der Waals surface area contributed by atoms with Crippen LogP contribution in [0.5, 0.6) is 11.5 Å². The molecule has 0 amide bonds. The van der Waals surface area contributed by atoms with Crippen LogP contribution >= 0.6 is 0 Å². The minimum atomic E-state index is -0.0910. The van der Waals surface area contributed by atoms with Gasteiger partial charge in [0.15, 0.2) is 5.43 Å². The molecule has 0 spiro atoms. The Morgan fingerprint density at radius 1 is 0.897 bits per heavy atom. The van der Waals surface area contributed by atoms with Crippen LogP contribution in [0.15, 0.2) is 27.4 Å². The van der Waals surface area contributed by atoms with Crippen molar-refractivity contribution in [2.75, 3.05) is 73.4 Å². The van der Waals surface area contributed by atoms with E-state index >= 15 is 0 Å². The molecule has 3 heterocycles. The number of nitrogens with zero attached hydrogens (tertiary/aromatic N) is 3. The number of hydrogen-bond donors (Lipinski definition) is 0. The molecule has 2 saturated heterocycles. The van der Waals surface area contributed by atoms with Crippen LogP contribution in [-0.2, 0) is 11.3 Å². The molecule has 0 atom stereocenters. The molecule has 0 aliphatic carbocycles. The molecule has 1 aromatic heterocycles. The zero-order valence-corrected chi connectivity index (χ0v) is 17.2. The monoisotopic (exact) mass is 403 g/mol. The Labute approximate surface area is 170 Å². The summed E-state index contributed by atoms with van der Waals surface area (Å²) in [4.78, 5) is 19.9. The maximum atomic E-state index is 12.7. The molecule has 0 N–H and O–H groups in total. The first kappa shape index (κ1) is 20.2. The molecule has 0 unspecified atom stereocenters. The molecule has 8 heteroatoms. The van der Waals surface area contributed by atoms with E-state index in [1.54, 1.807) is 25.3 Å². The van der Waals surface area contributed by atoms with E-state index in [9.17, 15) is 4.79 Å². The zero-order chi connectivity index (χ0) is 20.2. The van der Waals surface area contributed by atoms with Gasteiger partial charge >= 0.3 is 0 Å². The average molecular weight is 403 g/mol. The molecular formula is C21H29N3O5. The Hall–Kier alpha value is -2.13. The third-order valence-electron chi connectivity index (χ3n) is 5.62. The second kappa shape index (κ2) is 9.13. The van der Waals surface area contributed by atoms with E-state index in [2.05, 4.69) is 14.7 Å². The minimum absolute atomic E-state index is 0.0910. The number of methoxy groups -OCH3 is 2. The summed E-state index contributed by atoms with van der Waals surface area (Å²) in [6, 6.07) is 5.02. The van der Waals surface area contributed by atoms with Gasteiger partial charge < -0.3 is 18.6 Å². The van der Waals surface area contributed by atoms with E-state index in [-0.39, 0.29) is 5.43 Å². The number of ether oxygens (including phenoxy) is 3. The fourth-order valence-electron chi connectivity index (χ4n) is 3.97. The molecule has 0 radical (unpaired) electrons. The first-order valence-electron chi connectivity index (χ1n) is 10.1. The third-order valence-corrected chi connectivity index (χ3v) is 5.62. The zero-order valence-electron chi connectivity index (χ0n) is 17.2. The van der Waals surface area contributed by atoms with Crippen molar-refractivity contribution < 1.29 is 18.6 Å². The highest BCUT2D eigenvalue weighted by molar-refractivity contribution is 5.85. The minimum Gasteiger partial charge on any atom is -0.496 e. The van der Waals surface area contributed by atoms with Gasteiger partial charge in [-0.05, 0) is 0 Å². The maximum absolute atomic E-state index is 12.7. The Balaban J connectivity index is 1.41. The first-order valence-corrected chi connectivity index (χ1v) is 10.1. The van der Waals surface area contributed by atoms with Gasteiger partial charge in [-0.3, -0.25) is 19.5 Å². The summed E-state index contributed by atoms with van der Waals surface area (Å²) in [6.45, 7) is 9.23. The van der Waals surface area contributed by atoms with Crippen LogP contribution in [0.4, 0.5) is 0 Å². The molecule has 2 aromatic rings. The van der Waals surface area contributed by atoms with Crippen molar-refractivity contribution in [3.8, 4) is 11.5 Å². The van der Waals surface area contributed by atoms with E-state index in [0.717, 1.165) is 59.2 Å². The molecule has 2 aliphatic rings. The van der Waals surface area contributed by atoms with Crippen LogP contribution < -0.4 is 14.9 Å². The summed E-state index contributed by atoms with van der Waals surface area (Å²) >= 11 is 0. The predicted octanol–water partition coefficient (Wildman–Crippen LogP) is 1.22. The Kier molecular flexibility index (Phi) is 6.34. The van der Waals surface area contributed by atoms with Crippen molar-refractivity contribution in [3.05, 3.63) is 34.2 Å². The van der Waals surface area contributed by atoms with Crippen molar-refractivity contribution in [2.24, 2.45) is 0 Å². The molecule has 2 aliphatic heterocycles. The molecule has 0 saturated carbocycles. The maximum Gasteiger partial charge on any atom is 0.196 e. The summed E-state index contributed by atoms with van der Waals surface area (Å²) in [5.74, 6) is 1.74. The van der Waals surface area contributed by atoms with Gasteiger partial charge in [0.25, 0.3) is 0 Å². The standard InChI is InChI=1S/C21H29N3O5/c1-26-16-12-19(27-2)21-18(25)11-17(29-20(21)13-16)14-22-3-5-23(6-4-22)15-24-7-9-28-10-8-24/h11-13H,3-10,14-15H2,1-2H3. The molecule has 8 nitrogen and oxygen atoms in total. The Morgan fingerprint density at radius 2 is 1.59 bits per heavy atom. The van der Waals surface area contributed by atoms with Crippen LogP contribution in [0, 0.1) is 0 Å². The van der Waals surface area contributed by atoms with Gasteiger partial charge in [0.05, 0.1) is 40.6 Å². The van der Waals surface area contributed by atoms with Gasteiger partial charge in [0, 0.05) is 57.5 Å². The topological polar surface area (TPSA) is 67.6 Å². The van der Waals surface area contributed by atoms with E-state index in [0.29, 0.717) is 34.8 Å². The fourth-order valence-corrected chi connectivity index (χ4v) is 3.97. The van der Waals surface area contributed by atoms with Crippen LogP contribution in [0.3, 0.4) is 0 Å². The van der Waals surface area contributed by atoms with Crippen molar-refractivity contribution >= 4 is 11.0 Å². The quantitative estimate of drug-likeness (QED) is 0.713. The second-order valence-electron chi connectivity index (χ2n) is 7.55. The smallest absolute Gasteiger partial charge is 0.196 e. The second-order valence-corrected chi connectivity index (χ2v) is 7.55. The lowest BCUT2D eigenvalue weighted by atomic mass is 10.2. The summed E-state index contributed by atoms with van der Waals surface area (Å²) in [5.41, 5.74) is 0.404. The number of piperazine rings is 1. The van der Waals surface area contributed by atoms with E-state index < -0.39 is 0 Å². The van der Waals surface area contributed by atoms with Gasteiger partial charge in [-0.1, -0.05) is 0 Å². The van der Waals surface area contributed by atoms with Crippen LogP contribution in [0.25, 0.3) is 11.0 Å². The van der Waals surface area contributed by atoms with E-state index in [4.69, 9.17) is 18.6 Å². The van der Waals surface area contributed by atoms with Crippen molar-refractivity contribution in [1.29, 1.82) is 0 Å². The molecule has 0 bridgehead atoms. The molecule has 158 valence electrons. The number of hydrogen-bond acceptors (Lipinski definition) is 8. The summed E-state index contributed by atoms with van der Waals surface area (Å²) in [5, 5.41) is 0.451. The number of morpholine rings is 1. The number of benzene rings is 1. The van der Waals surface area contributed by atoms with Crippen molar-refractivity contribution in [1.82, 2.24) is 14.7 Å². The van der Waals surface area contributed by atoms with Gasteiger partial charge in [0.2, 0.25) is 0 Å². The summed E-state index contributed by atoms with van der Waals surface area (Å²) < 4.78 is 22.1. The lowest BCUT2D eigenvalue weighted by Crippen LogP contribution is -2.51. The third kappa shape index (κ3) is 4.72. The van der Waals surface area contributed by atoms with Gasteiger partial charge in [-0.2, -0.15) is 0 Å². The van der Waals surface area contributed by atoms with Crippen LogP contribution in [-0.4, -0.2) is 88.1 Å². The summed E-state index contributed by atoms with van der Waals surface area (Å²) in [6.07, 6.45) is 0. The lowest BCUT2D eigenvalue weighted by molar-refractivity contribution is -0.00212. The van der Waals surface area contributed by atoms with Gasteiger partial charge in [-0.25, -0.2) is 0 Å². The normalized spacial score (nSPS) is 19.5. The Bertz CT molecular complexity index is 886. The molecule has 2 fully saturated rings. The molecule has 4 rings (SSSR count). The largest absolute Gasteiger partial charge is 0.496 e. The van der Waals surface area contributed by atoms with Crippen molar-refractivity contribution in [3.63, 3.8) is 0 Å². The van der Waals surface area contributed by atoms with E-state index in [1.165, 1.54) is 7.11 Å². The lowest BCUT2D eigenvalue weighted by Gasteiger charge is -2.38. The molecule has 1 aromatic carbocycles. The average Bonchev–Trinajstić information content (AvgIpc) is 2.75.